The van der Waals surface area contributed by atoms with E-state index in [0.29, 0.717) is 12.2 Å². The lowest BCUT2D eigenvalue weighted by atomic mass is 10.2. The molecule has 0 aromatic heterocycles. The van der Waals surface area contributed by atoms with Gasteiger partial charge in [0, 0.05) is 12.1 Å². The van der Waals surface area contributed by atoms with Gasteiger partial charge in [0.05, 0.1) is 17.1 Å². The molecular weight excluding hydrogens is 226 g/mol. The van der Waals surface area contributed by atoms with Gasteiger partial charge < -0.3 is 9.47 Å². The Labute approximate surface area is 97.3 Å². The minimum Gasteiger partial charge on any atom is -0.459 e. The smallest absolute Gasteiger partial charge is 0.338 e. The molecule has 1 aromatic carbocycles. The van der Waals surface area contributed by atoms with Crippen molar-refractivity contribution < 1.29 is 19.2 Å². The average molecular weight is 237 g/mol. The third-order valence-electron chi connectivity index (χ3n) is 2.46. The third kappa shape index (κ3) is 2.79. The van der Waals surface area contributed by atoms with Gasteiger partial charge in [-0.25, -0.2) is 4.79 Å². The average Bonchev–Trinajstić information content (AvgIpc) is 3.05. The summed E-state index contributed by atoms with van der Waals surface area (Å²) in [6.07, 6.45) is 0. The molecule has 1 aromatic rings. The summed E-state index contributed by atoms with van der Waals surface area (Å²) >= 11 is 0. The predicted molar refractivity (Wildman–Crippen MR) is 57.7 cm³/mol. The van der Waals surface area contributed by atoms with E-state index in [1.54, 1.807) is 0 Å². The molecular formula is C11H11NO5. The molecule has 90 valence electrons. The number of carbonyl (C=O) groups is 1. The maximum Gasteiger partial charge on any atom is 0.338 e. The first-order chi connectivity index (χ1) is 8.00. The number of ether oxygens (including phenoxy) is 2. The molecule has 0 radical (unpaired) electrons. The number of hydrogen-bond acceptors (Lipinski definition) is 5. The number of rotatable bonds is 4. The maximum absolute atomic E-state index is 11.6. The molecule has 6 nitrogen and oxygen atoms in total. The van der Waals surface area contributed by atoms with Gasteiger partial charge in [0.15, 0.2) is 0 Å². The van der Waals surface area contributed by atoms with E-state index in [9.17, 15) is 14.9 Å². The Morgan fingerprint density at radius 1 is 1.53 bits per heavy atom. The van der Waals surface area contributed by atoms with Crippen molar-refractivity contribution in [1.82, 2.24) is 0 Å². The summed E-state index contributed by atoms with van der Waals surface area (Å²) < 4.78 is 10.1. The van der Waals surface area contributed by atoms with E-state index in [2.05, 4.69) is 0 Å². The fraction of sp³-hybridized carbons (Fsp3) is 0.364. The molecule has 0 saturated carbocycles. The fourth-order valence-corrected chi connectivity index (χ4v) is 1.23. The van der Waals surface area contributed by atoms with Crippen molar-refractivity contribution in [3.05, 3.63) is 39.9 Å². The molecule has 0 bridgehead atoms. The Balaban J connectivity index is 1.96. The molecule has 1 aliphatic rings. The van der Waals surface area contributed by atoms with Crippen molar-refractivity contribution in [3.8, 4) is 0 Å². The molecule has 1 atom stereocenters. The highest BCUT2D eigenvalue weighted by Gasteiger charge is 2.40. The van der Waals surface area contributed by atoms with E-state index < -0.39 is 10.9 Å². The van der Waals surface area contributed by atoms with Crippen molar-refractivity contribution >= 4 is 11.7 Å². The van der Waals surface area contributed by atoms with Crippen molar-refractivity contribution in [1.29, 1.82) is 0 Å². The molecule has 0 spiro atoms. The number of epoxide rings is 1. The molecule has 17 heavy (non-hydrogen) atoms. The fourth-order valence-electron chi connectivity index (χ4n) is 1.23. The standard InChI is InChI=1S/C11H11NO5/c1-11(7-17-11)6-16-10(13)8-2-4-9(5-3-8)12(14)15/h2-5H,6-7H2,1H3/t11-/m0/s1. The van der Waals surface area contributed by atoms with Crippen LogP contribution in [0.5, 0.6) is 0 Å². The Hall–Kier alpha value is -1.95. The van der Waals surface area contributed by atoms with Crippen LogP contribution in [0.1, 0.15) is 17.3 Å². The molecule has 1 saturated heterocycles. The Kier molecular flexibility index (Phi) is 2.81. The number of nitro groups is 1. The molecule has 2 rings (SSSR count). The number of nitro benzene ring substituents is 1. The lowest BCUT2D eigenvalue weighted by molar-refractivity contribution is -0.384. The van der Waals surface area contributed by atoms with Gasteiger partial charge in [-0.05, 0) is 19.1 Å². The monoisotopic (exact) mass is 237 g/mol. The van der Waals surface area contributed by atoms with Crippen LogP contribution in [0.2, 0.25) is 0 Å². The summed E-state index contributed by atoms with van der Waals surface area (Å²) in [5, 5.41) is 10.4. The van der Waals surface area contributed by atoms with Crippen LogP contribution in [0.25, 0.3) is 0 Å². The number of esters is 1. The molecule has 6 heteroatoms. The SMILES string of the molecule is C[C@]1(COC(=O)c2ccc([N+](=O)[O-])cc2)CO1. The second-order valence-corrected chi connectivity index (χ2v) is 4.12. The normalized spacial score (nSPS) is 21.9. The number of nitrogens with zero attached hydrogens (tertiary/aromatic N) is 1. The number of non-ortho nitro benzene ring substituents is 1. The van der Waals surface area contributed by atoms with Crippen LogP contribution < -0.4 is 0 Å². The van der Waals surface area contributed by atoms with E-state index in [1.807, 2.05) is 6.92 Å². The van der Waals surface area contributed by atoms with E-state index in [-0.39, 0.29) is 17.9 Å². The second kappa shape index (κ2) is 4.14. The van der Waals surface area contributed by atoms with Crippen LogP contribution in [-0.2, 0) is 9.47 Å². The number of benzene rings is 1. The van der Waals surface area contributed by atoms with Crippen LogP contribution in [0.3, 0.4) is 0 Å². The van der Waals surface area contributed by atoms with Gasteiger partial charge in [0.25, 0.3) is 5.69 Å². The summed E-state index contributed by atoms with van der Waals surface area (Å²) in [7, 11) is 0. The van der Waals surface area contributed by atoms with Gasteiger partial charge in [0.1, 0.15) is 12.2 Å². The molecule has 1 heterocycles. The van der Waals surface area contributed by atoms with E-state index >= 15 is 0 Å². The van der Waals surface area contributed by atoms with Gasteiger partial charge in [0.2, 0.25) is 0 Å². The maximum atomic E-state index is 11.6. The summed E-state index contributed by atoms with van der Waals surface area (Å²) in [6, 6.07) is 5.28. The largest absolute Gasteiger partial charge is 0.459 e. The van der Waals surface area contributed by atoms with E-state index in [1.165, 1.54) is 24.3 Å². The topological polar surface area (TPSA) is 82.0 Å². The first kappa shape index (κ1) is 11.5. The molecule has 0 aliphatic carbocycles. The minimum absolute atomic E-state index is 0.0564. The zero-order valence-electron chi connectivity index (χ0n) is 9.21. The lowest BCUT2D eigenvalue weighted by Gasteiger charge is -2.06. The van der Waals surface area contributed by atoms with Crippen LogP contribution in [0.15, 0.2) is 24.3 Å². The lowest BCUT2D eigenvalue weighted by Crippen LogP contribution is -2.18. The van der Waals surface area contributed by atoms with Crippen LogP contribution in [0, 0.1) is 10.1 Å². The van der Waals surface area contributed by atoms with Gasteiger partial charge in [-0.1, -0.05) is 0 Å². The Morgan fingerprint density at radius 3 is 2.59 bits per heavy atom. The van der Waals surface area contributed by atoms with Crippen molar-refractivity contribution in [2.24, 2.45) is 0 Å². The quantitative estimate of drug-likeness (QED) is 0.343. The molecule has 1 aliphatic heterocycles. The van der Waals surface area contributed by atoms with Gasteiger partial charge in [-0.2, -0.15) is 0 Å². The molecule has 0 unspecified atom stereocenters. The zero-order valence-corrected chi connectivity index (χ0v) is 9.21. The summed E-state index contributed by atoms with van der Waals surface area (Å²) in [6.45, 7) is 2.62. The van der Waals surface area contributed by atoms with E-state index in [0.717, 1.165) is 0 Å². The highest BCUT2D eigenvalue weighted by Crippen LogP contribution is 2.26. The summed E-state index contributed by atoms with van der Waals surface area (Å²) in [4.78, 5) is 21.5. The van der Waals surface area contributed by atoms with Crippen LogP contribution in [-0.4, -0.2) is 29.7 Å². The highest BCUT2D eigenvalue weighted by atomic mass is 16.6. The number of hydrogen-bond donors (Lipinski definition) is 0. The Morgan fingerprint density at radius 2 is 2.12 bits per heavy atom. The van der Waals surface area contributed by atoms with Gasteiger partial charge in [-0.3, -0.25) is 10.1 Å². The Bertz CT molecular complexity index is 449. The van der Waals surface area contributed by atoms with Crippen molar-refractivity contribution in [2.75, 3.05) is 13.2 Å². The second-order valence-electron chi connectivity index (χ2n) is 4.12. The molecule has 0 amide bonds. The third-order valence-corrected chi connectivity index (χ3v) is 2.46. The first-order valence-electron chi connectivity index (χ1n) is 5.06. The first-order valence-corrected chi connectivity index (χ1v) is 5.06. The molecule has 0 N–H and O–H groups in total. The minimum atomic E-state index is -0.520. The van der Waals surface area contributed by atoms with Crippen molar-refractivity contribution in [3.63, 3.8) is 0 Å². The predicted octanol–water partition coefficient (Wildman–Crippen LogP) is 1.54. The van der Waals surface area contributed by atoms with E-state index in [4.69, 9.17) is 9.47 Å². The number of carbonyl (C=O) groups excluding carboxylic acids is 1. The van der Waals surface area contributed by atoms with Gasteiger partial charge in [-0.15, -0.1) is 0 Å². The summed E-state index contributed by atoms with van der Waals surface area (Å²) in [5.74, 6) is -0.503. The van der Waals surface area contributed by atoms with Crippen molar-refractivity contribution in [2.45, 2.75) is 12.5 Å². The molecule has 1 fully saturated rings. The zero-order chi connectivity index (χ0) is 12.5. The van der Waals surface area contributed by atoms with Gasteiger partial charge >= 0.3 is 5.97 Å². The summed E-state index contributed by atoms with van der Waals surface area (Å²) in [5.41, 5.74) is -0.116. The van der Waals surface area contributed by atoms with Crippen LogP contribution in [0.4, 0.5) is 5.69 Å². The van der Waals surface area contributed by atoms with Crippen LogP contribution >= 0.6 is 0 Å². The highest BCUT2D eigenvalue weighted by molar-refractivity contribution is 5.89.